The van der Waals surface area contributed by atoms with Gasteiger partial charge in [-0.15, -0.1) is 0 Å². The molecular weight excluding hydrogens is 294 g/mol. The van der Waals surface area contributed by atoms with Gasteiger partial charge in [0.2, 0.25) is 0 Å². The molecule has 0 amide bonds. The molecule has 2 aromatic carbocycles. The minimum Gasteiger partial charge on any atom is -0.497 e. The first-order valence-corrected chi connectivity index (χ1v) is 6.27. The Hall–Kier alpha value is -1.68. The molecule has 0 aliphatic heterocycles. The van der Waals surface area contributed by atoms with Crippen LogP contribution < -0.4 is 15.2 Å². The van der Waals surface area contributed by atoms with E-state index in [0.29, 0.717) is 0 Å². The molecule has 0 aliphatic rings. The van der Waals surface area contributed by atoms with Crippen molar-refractivity contribution in [2.45, 2.75) is 6.92 Å². The van der Waals surface area contributed by atoms with Gasteiger partial charge in [-0.3, -0.25) is 0 Å². The second-order valence-corrected chi connectivity index (χ2v) is 4.77. The lowest BCUT2D eigenvalue weighted by atomic mass is 10.2. The number of benzene rings is 2. The highest BCUT2D eigenvalue weighted by Crippen LogP contribution is 2.33. The Morgan fingerprint density at radius 2 is 1.67 bits per heavy atom. The Morgan fingerprint density at radius 3 is 2.28 bits per heavy atom. The smallest absolute Gasteiger partial charge is 0.142 e. The Balaban J connectivity index is 2.25. The standard InChI is InChI=1S/C14H14BrNO2/c1-9-7-14(12(15)8-13(9)16)18-11-5-3-10(17-2)4-6-11/h3-8H,16H2,1-2H3. The fraction of sp³-hybridized carbons (Fsp3) is 0.143. The highest BCUT2D eigenvalue weighted by atomic mass is 79.9. The summed E-state index contributed by atoms with van der Waals surface area (Å²) in [6, 6.07) is 11.2. The van der Waals surface area contributed by atoms with Crippen molar-refractivity contribution in [2.24, 2.45) is 0 Å². The van der Waals surface area contributed by atoms with Gasteiger partial charge in [0.25, 0.3) is 0 Å². The van der Waals surface area contributed by atoms with Crippen molar-refractivity contribution in [1.82, 2.24) is 0 Å². The lowest BCUT2D eigenvalue weighted by molar-refractivity contribution is 0.412. The van der Waals surface area contributed by atoms with Crippen molar-refractivity contribution in [3.8, 4) is 17.2 Å². The first-order chi connectivity index (χ1) is 8.60. The molecule has 3 nitrogen and oxygen atoms in total. The molecule has 0 saturated heterocycles. The van der Waals surface area contributed by atoms with E-state index in [1.165, 1.54) is 0 Å². The zero-order valence-corrected chi connectivity index (χ0v) is 11.8. The normalized spacial score (nSPS) is 10.2. The Morgan fingerprint density at radius 1 is 1.06 bits per heavy atom. The Kier molecular flexibility index (Phi) is 3.77. The van der Waals surface area contributed by atoms with Crippen LogP contribution in [0.15, 0.2) is 40.9 Å². The van der Waals surface area contributed by atoms with Gasteiger partial charge < -0.3 is 15.2 Å². The summed E-state index contributed by atoms with van der Waals surface area (Å²) in [5, 5.41) is 0. The first kappa shape index (κ1) is 12.8. The number of hydrogen-bond donors (Lipinski definition) is 1. The molecule has 0 spiro atoms. The van der Waals surface area contributed by atoms with E-state index < -0.39 is 0 Å². The van der Waals surface area contributed by atoms with E-state index in [2.05, 4.69) is 15.9 Å². The molecule has 94 valence electrons. The summed E-state index contributed by atoms with van der Waals surface area (Å²) >= 11 is 3.44. The van der Waals surface area contributed by atoms with Crippen molar-refractivity contribution >= 4 is 21.6 Å². The molecule has 0 fully saturated rings. The predicted molar refractivity (Wildman–Crippen MR) is 76.4 cm³/mol. The van der Waals surface area contributed by atoms with Gasteiger partial charge in [0.05, 0.1) is 11.6 Å². The van der Waals surface area contributed by atoms with Gasteiger partial charge >= 0.3 is 0 Å². The highest BCUT2D eigenvalue weighted by Gasteiger charge is 2.06. The van der Waals surface area contributed by atoms with Crippen LogP contribution in [0.1, 0.15) is 5.56 Å². The van der Waals surface area contributed by atoms with Crippen LogP contribution in [0, 0.1) is 6.92 Å². The summed E-state index contributed by atoms with van der Waals surface area (Å²) in [6.07, 6.45) is 0. The van der Waals surface area contributed by atoms with Gasteiger partial charge in [0.1, 0.15) is 17.2 Å². The van der Waals surface area contributed by atoms with E-state index in [1.54, 1.807) is 7.11 Å². The molecule has 0 bridgehead atoms. The van der Waals surface area contributed by atoms with Crippen molar-refractivity contribution in [3.63, 3.8) is 0 Å². The molecule has 18 heavy (non-hydrogen) atoms. The molecule has 0 unspecified atom stereocenters. The van der Waals surface area contributed by atoms with Crippen LogP contribution in [0.4, 0.5) is 5.69 Å². The number of nitrogens with two attached hydrogens (primary N) is 1. The average molecular weight is 308 g/mol. The number of nitrogen functional groups attached to an aromatic ring is 1. The molecule has 0 saturated carbocycles. The van der Waals surface area contributed by atoms with E-state index in [1.807, 2.05) is 43.3 Å². The summed E-state index contributed by atoms with van der Waals surface area (Å²) in [5.74, 6) is 2.29. The quantitative estimate of drug-likeness (QED) is 0.867. The summed E-state index contributed by atoms with van der Waals surface area (Å²) < 4.78 is 11.7. The van der Waals surface area contributed by atoms with E-state index in [-0.39, 0.29) is 0 Å². The first-order valence-electron chi connectivity index (χ1n) is 5.47. The van der Waals surface area contributed by atoms with Crippen LogP contribution in [0.3, 0.4) is 0 Å². The van der Waals surface area contributed by atoms with Crippen LogP contribution in [-0.2, 0) is 0 Å². The van der Waals surface area contributed by atoms with Crippen LogP contribution in [0.2, 0.25) is 0 Å². The molecule has 0 aliphatic carbocycles. The molecule has 0 radical (unpaired) electrons. The highest BCUT2D eigenvalue weighted by molar-refractivity contribution is 9.10. The summed E-state index contributed by atoms with van der Waals surface area (Å²) in [5.41, 5.74) is 7.55. The van der Waals surface area contributed by atoms with Crippen LogP contribution in [0.25, 0.3) is 0 Å². The van der Waals surface area contributed by atoms with Gasteiger partial charge in [-0.25, -0.2) is 0 Å². The number of halogens is 1. The third-order valence-electron chi connectivity index (χ3n) is 2.61. The lowest BCUT2D eigenvalue weighted by Crippen LogP contribution is -1.92. The fourth-order valence-electron chi connectivity index (χ4n) is 1.52. The predicted octanol–water partition coefficient (Wildman–Crippen LogP) is 4.14. The Bertz CT molecular complexity index is 552. The van der Waals surface area contributed by atoms with Gasteiger partial charge in [-0.1, -0.05) is 0 Å². The second kappa shape index (κ2) is 5.31. The number of ether oxygens (including phenoxy) is 2. The molecule has 2 N–H and O–H groups in total. The Labute approximate surface area is 115 Å². The molecule has 2 rings (SSSR count). The van der Waals surface area contributed by atoms with Crippen molar-refractivity contribution in [2.75, 3.05) is 12.8 Å². The largest absolute Gasteiger partial charge is 0.497 e. The van der Waals surface area contributed by atoms with Gasteiger partial charge in [0.15, 0.2) is 0 Å². The van der Waals surface area contributed by atoms with Crippen LogP contribution in [-0.4, -0.2) is 7.11 Å². The van der Waals surface area contributed by atoms with Crippen molar-refractivity contribution in [3.05, 3.63) is 46.4 Å². The number of hydrogen-bond acceptors (Lipinski definition) is 3. The maximum absolute atomic E-state index is 5.82. The van der Waals surface area contributed by atoms with Crippen molar-refractivity contribution in [1.29, 1.82) is 0 Å². The monoisotopic (exact) mass is 307 g/mol. The van der Waals surface area contributed by atoms with E-state index >= 15 is 0 Å². The maximum atomic E-state index is 5.82. The van der Waals surface area contributed by atoms with Gasteiger partial charge in [-0.05, 0) is 64.8 Å². The lowest BCUT2D eigenvalue weighted by Gasteiger charge is -2.10. The molecule has 0 aromatic heterocycles. The van der Waals surface area contributed by atoms with Crippen LogP contribution in [0.5, 0.6) is 17.2 Å². The average Bonchev–Trinajstić information content (AvgIpc) is 2.37. The fourth-order valence-corrected chi connectivity index (χ4v) is 1.96. The molecule has 2 aromatic rings. The van der Waals surface area contributed by atoms with E-state index in [0.717, 1.165) is 33.0 Å². The molecule has 0 heterocycles. The topological polar surface area (TPSA) is 44.5 Å². The zero-order chi connectivity index (χ0) is 13.1. The zero-order valence-electron chi connectivity index (χ0n) is 10.2. The van der Waals surface area contributed by atoms with E-state index in [9.17, 15) is 0 Å². The third kappa shape index (κ3) is 2.76. The summed E-state index contributed by atoms with van der Waals surface area (Å²) in [4.78, 5) is 0. The SMILES string of the molecule is COc1ccc(Oc2cc(C)c(N)cc2Br)cc1. The van der Waals surface area contributed by atoms with E-state index in [4.69, 9.17) is 15.2 Å². The third-order valence-corrected chi connectivity index (χ3v) is 3.23. The summed E-state index contributed by atoms with van der Waals surface area (Å²) in [6.45, 7) is 1.95. The number of anilines is 1. The summed E-state index contributed by atoms with van der Waals surface area (Å²) in [7, 11) is 1.63. The second-order valence-electron chi connectivity index (χ2n) is 3.92. The van der Waals surface area contributed by atoms with Gasteiger partial charge in [-0.2, -0.15) is 0 Å². The van der Waals surface area contributed by atoms with Crippen molar-refractivity contribution < 1.29 is 9.47 Å². The molecule has 0 atom stereocenters. The number of methoxy groups -OCH3 is 1. The minimum atomic E-state index is 0.740. The van der Waals surface area contributed by atoms with Crippen LogP contribution >= 0.6 is 15.9 Å². The number of rotatable bonds is 3. The maximum Gasteiger partial charge on any atom is 0.142 e. The number of aryl methyl sites for hydroxylation is 1. The minimum absolute atomic E-state index is 0.740. The molecular formula is C14H14BrNO2. The molecule has 4 heteroatoms. The van der Waals surface area contributed by atoms with Gasteiger partial charge in [0, 0.05) is 5.69 Å².